The summed E-state index contributed by atoms with van der Waals surface area (Å²) in [5, 5.41) is 7.51. The molecule has 1 rings (SSSR count). The number of hydrogen-bond acceptors (Lipinski definition) is 5. The molecule has 13 heteroatoms. The van der Waals surface area contributed by atoms with E-state index in [1.165, 1.54) is 0 Å². The Morgan fingerprint density at radius 2 is 1.73 bits per heavy atom. The fourth-order valence-electron chi connectivity index (χ4n) is 1.38. The average molecular weight is 398 g/mol. The first-order chi connectivity index (χ1) is 10.0. The number of carboxylic acids is 1. The standard InChI is InChI=1S/C9H7Cl2F2NO6S2/c10-3-14(21(17,18)4-11)22(19,20)6-2-1-5(12)7(8(6)13)9(15)16/h1-2H,3-4H2,(H,15,16). The van der Waals surface area contributed by atoms with Gasteiger partial charge < -0.3 is 5.11 Å². The molecule has 0 atom stereocenters. The van der Waals surface area contributed by atoms with Crippen LogP contribution in [0.15, 0.2) is 17.0 Å². The third-order valence-electron chi connectivity index (χ3n) is 2.36. The lowest BCUT2D eigenvalue weighted by Gasteiger charge is -2.18. The second-order valence-corrected chi connectivity index (χ2v) is 8.44. The molecule has 0 bridgehead atoms. The molecule has 0 heterocycles. The minimum Gasteiger partial charge on any atom is -0.477 e. The molecule has 0 aliphatic carbocycles. The fraction of sp³-hybridized carbons (Fsp3) is 0.222. The van der Waals surface area contributed by atoms with Crippen molar-refractivity contribution < 1.29 is 35.5 Å². The Balaban J connectivity index is 3.67. The zero-order valence-electron chi connectivity index (χ0n) is 10.3. The van der Waals surface area contributed by atoms with Gasteiger partial charge in [0, 0.05) is 0 Å². The second kappa shape index (κ2) is 6.62. The third-order valence-corrected chi connectivity index (χ3v) is 7.54. The van der Waals surface area contributed by atoms with Crippen molar-refractivity contribution in [3.63, 3.8) is 0 Å². The topological polar surface area (TPSA) is 109 Å². The van der Waals surface area contributed by atoms with E-state index in [0.29, 0.717) is 12.1 Å². The summed E-state index contributed by atoms with van der Waals surface area (Å²) in [5.41, 5.74) is -1.54. The molecule has 1 aromatic carbocycles. The van der Waals surface area contributed by atoms with Gasteiger partial charge in [0.05, 0.1) is 0 Å². The van der Waals surface area contributed by atoms with Crippen LogP contribution in [0.5, 0.6) is 0 Å². The zero-order chi connectivity index (χ0) is 17.3. The number of nitrogens with zero attached hydrogens (tertiary/aromatic N) is 1. The predicted molar refractivity (Wildman–Crippen MR) is 72.7 cm³/mol. The van der Waals surface area contributed by atoms with E-state index in [4.69, 9.17) is 28.3 Å². The van der Waals surface area contributed by atoms with E-state index in [-0.39, 0.29) is 3.71 Å². The van der Waals surface area contributed by atoms with Crippen LogP contribution in [-0.4, -0.2) is 42.8 Å². The zero-order valence-corrected chi connectivity index (χ0v) is 13.5. The highest BCUT2D eigenvalue weighted by Gasteiger charge is 2.37. The van der Waals surface area contributed by atoms with Crippen molar-refractivity contribution in [1.29, 1.82) is 0 Å². The van der Waals surface area contributed by atoms with Gasteiger partial charge in [-0.05, 0) is 12.1 Å². The number of hydrogen-bond donors (Lipinski definition) is 1. The molecule has 0 radical (unpaired) electrons. The average Bonchev–Trinajstić information content (AvgIpc) is 2.37. The van der Waals surface area contributed by atoms with Gasteiger partial charge in [0.1, 0.15) is 27.5 Å². The van der Waals surface area contributed by atoms with E-state index in [0.717, 1.165) is 0 Å². The quantitative estimate of drug-likeness (QED) is 0.573. The normalized spacial score (nSPS) is 12.6. The molecule has 124 valence electrons. The maximum atomic E-state index is 14.0. The first-order valence-electron chi connectivity index (χ1n) is 5.09. The summed E-state index contributed by atoms with van der Waals surface area (Å²) in [6, 6.07) is -0.370. The van der Waals surface area contributed by atoms with E-state index >= 15 is 0 Å². The number of aromatic carboxylic acids is 1. The number of halogens is 4. The Kier molecular flexibility index (Phi) is 5.73. The van der Waals surface area contributed by atoms with Gasteiger partial charge in [-0.3, -0.25) is 0 Å². The predicted octanol–water partition coefficient (Wildman–Crippen LogP) is 1.38. The minimum absolute atomic E-state index is 0.323. The Hall–Kier alpha value is -1.01. The van der Waals surface area contributed by atoms with Crippen LogP contribution in [0.1, 0.15) is 10.4 Å². The van der Waals surface area contributed by atoms with Crippen LogP contribution in [0.4, 0.5) is 8.78 Å². The SMILES string of the molecule is O=C(O)c1c(F)ccc(S(=O)(=O)N(CCl)S(=O)(=O)CCl)c1F. The summed E-state index contributed by atoms with van der Waals surface area (Å²) >= 11 is 10.4. The van der Waals surface area contributed by atoms with Gasteiger partial charge >= 0.3 is 5.97 Å². The van der Waals surface area contributed by atoms with E-state index in [1.807, 2.05) is 0 Å². The molecule has 7 nitrogen and oxygen atoms in total. The second-order valence-electron chi connectivity index (χ2n) is 3.66. The first-order valence-corrected chi connectivity index (χ1v) is 9.21. The van der Waals surface area contributed by atoms with Crippen molar-refractivity contribution >= 4 is 49.2 Å². The molecule has 0 aromatic heterocycles. The van der Waals surface area contributed by atoms with Gasteiger partial charge in [-0.2, -0.15) is 0 Å². The van der Waals surface area contributed by atoms with Crippen LogP contribution in [0.25, 0.3) is 0 Å². The highest BCUT2D eigenvalue weighted by molar-refractivity contribution is 8.04. The van der Waals surface area contributed by atoms with Crippen LogP contribution in [0, 0.1) is 11.6 Å². The van der Waals surface area contributed by atoms with Crippen molar-refractivity contribution in [2.75, 3.05) is 11.2 Å². The summed E-state index contributed by atoms with van der Waals surface area (Å²) < 4.78 is 74.3. The van der Waals surface area contributed by atoms with Crippen LogP contribution in [0.2, 0.25) is 0 Å². The van der Waals surface area contributed by atoms with E-state index < -0.39 is 59.3 Å². The van der Waals surface area contributed by atoms with Crippen molar-refractivity contribution in [2.24, 2.45) is 0 Å². The summed E-state index contributed by atoms with van der Waals surface area (Å²) in [7, 11) is -9.71. The van der Waals surface area contributed by atoms with Crippen LogP contribution in [-0.2, 0) is 20.0 Å². The summed E-state index contributed by atoms with van der Waals surface area (Å²) in [6.07, 6.45) is 0. The van der Waals surface area contributed by atoms with Gasteiger partial charge in [0.25, 0.3) is 10.0 Å². The summed E-state index contributed by atoms with van der Waals surface area (Å²) in [5.74, 6) is -5.54. The first kappa shape index (κ1) is 19.0. The number of alkyl halides is 2. The third kappa shape index (κ3) is 3.33. The van der Waals surface area contributed by atoms with Crippen LogP contribution >= 0.6 is 23.2 Å². The van der Waals surface area contributed by atoms with Crippen molar-refractivity contribution in [3.05, 3.63) is 29.3 Å². The highest BCUT2D eigenvalue weighted by Crippen LogP contribution is 2.26. The Morgan fingerprint density at radius 1 is 1.18 bits per heavy atom. The molecule has 22 heavy (non-hydrogen) atoms. The van der Waals surface area contributed by atoms with Crippen LogP contribution < -0.4 is 0 Å². The molecule has 1 aromatic rings. The molecule has 0 saturated heterocycles. The lowest BCUT2D eigenvalue weighted by atomic mass is 10.2. The summed E-state index contributed by atoms with van der Waals surface area (Å²) in [4.78, 5) is 9.40. The van der Waals surface area contributed by atoms with Crippen LogP contribution in [0.3, 0.4) is 0 Å². The molecular weight excluding hydrogens is 391 g/mol. The van der Waals surface area contributed by atoms with Gasteiger partial charge in [0.2, 0.25) is 10.0 Å². The van der Waals surface area contributed by atoms with E-state index in [1.54, 1.807) is 0 Å². The number of carboxylic acid groups (broad SMARTS) is 1. The Labute approximate surface area is 134 Å². The van der Waals surface area contributed by atoms with E-state index in [9.17, 15) is 30.4 Å². The lowest BCUT2D eigenvalue weighted by Crippen LogP contribution is -2.37. The fourth-order valence-corrected chi connectivity index (χ4v) is 5.51. The largest absolute Gasteiger partial charge is 0.477 e. The molecule has 0 unspecified atom stereocenters. The number of carbonyl (C=O) groups is 1. The molecule has 0 aliphatic rings. The Morgan fingerprint density at radius 3 is 2.14 bits per heavy atom. The maximum absolute atomic E-state index is 14.0. The van der Waals surface area contributed by atoms with Crippen molar-refractivity contribution in [2.45, 2.75) is 4.90 Å². The molecule has 0 spiro atoms. The molecule has 0 saturated carbocycles. The molecule has 1 N–H and O–H groups in total. The number of sulfonamides is 2. The molecule has 0 amide bonds. The van der Waals surface area contributed by atoms with Gasteiger partial charge in [0.15, 0.2) is 5.82 Å². The van der Waals surface area contributed by atoms with Crippen molar-refractivity contribution in [3.8, 4) is 0 Å². The molecular formula is C9H7Cl2F2NO6S2. The number of rotatable bonds is 6. The van der Waals surface area contributed by atoms with E-state index in [2.05, 4.69) is 0 Å². The monoisotopic (exact) mass is 397 g/mol. The molecule has 0 aliphatic heterocycles. The maximum Gasteiger partial charge on any atom is 0.341 e. The number of benzene rings is 1. The molecule has 0 fully saturated rings. The minimum atomic E-state index is -5.10. The Bertz CT molecular complexity index is 812. The van der Waals surface area contributed by atoms with Gasteiger partial charge in [-0.15, -0.1) is 23.2 Å². The highest BCUT2D eigenvalue weighted by atomic mass is 35.5. The van der Waals surface area contributed by atoms with Gasteiger partial charge in [-0.25, -0.2) is 30.4 Å². The summed E-state index contributed by atoms with van der Waals surface area (Å²) in [6.45, 7) is 0. The smallest absolute Gasteiger partial charge is 0.341 e. The van der Waals surface area contributed by atoms with Crippen molar-refractivity contribution in [1.82, 2.24) is 3.71 Å². The van der Waals surface area contributed by atoms with Gasteiger partial charge in [-0.1, -0.05) is 3.71 Å². The lowest BCUT2D eigenvalue weighted by molar-refractivity contribution is 0.0685.